The molecule has 0 spiro atoms. The first kappa shape index (κ1) is 25.1. The summed E-state index contributed by atoms with van der Waals surface area (Å²) in [5.74, 6) is -0.637. The Morgan fingerprint density at radius 2 is 1.53 bits per heavy atom. The van der Waals surface area contributed by atoms with Gasteiger partial charge in [-0.15, -0.1) is 0 Å². The van der Waals surface area contributed by atoms with Crippen LogP contribution in [-0.2, 0) is 14.6 Å². The summed E-state index contributed by atoms with van der Waals surface area (Å²) in [4.78, 5) is 30.3. The van der Waals surface area contributed by atoms with E-state index in [0.717, 1.165) is 6.26 Å². The van der Waals surface area contributed by atoms with Crippen LogP contribution in [0.15, 0.2) is 77.7 Å². The smallest absolute Gasteiger partial charge is 0.252 e. The Bertz CT molecular complexity index is 1370. The van der Waals surface area contributed by atoms with Gasteiger partial charge in [0, 0.05) is 49.4 Å². The molecule has 36 heavy (non-hydrogen) atoms. The second kappa shape index (κ2) is 10.3. The minimum absolute atomic E-state index is 0.166. The average Bonchev–Trinajstić information content (AvgIpc) is 2.87. The number of benzene rings is 3. The summed E-state index contributed by atoms with van der Waals surface area (Å²) < 4.78 is 24.6. The summed E-state index contributed by atoms with van der Waals surface area (Å²) >= 11 is 0. The molecule has 3 aromatic carbocycles. The van der Waals surface area contributed by atoms with Gasteiger partial charge in [0.1, 0.15) is 6.04 Å². The fourth-order valence-electron chi connectivity index (χ4n) is 4.27. The second-order valence-electron chi connectivity index (χ2n) is 8.75. The van der Waals surface area contributed by atoms with E-state index in [0.29, 0.717) is 54.4 Å². The zero-order chi connectivity index (χ0) is 25.9. The van der Waals surface area contributed by atoms with Crippen molar-refractivity contribution in [2.45, 2.75) is 10.9 Å². The Hall–Kier alpha value is -4.05. The Kier molecular flexibility index (Phi) is 7.16. The highest BCUT2D eigenvalue weighted by Crippen LogP contribution is 2.29. The SMILES string of the molecule is CS(=O)(=O)c1cc(N)ccc1N1CCN(C(=O)[C@H](NC(=O)c2cccc(N)c2)c2ccccc2)CC1. The van der Waals surface area contributed by atoms with Crippen LogP contribution >= 0.6 is 0 Å². The van der Waals surface area contributed by atoms with Crippen LogP contribution in [0.2, 0.25) is 0 Å². The fraction of sp³-hybridized carbons (Fsp3) is 0.231. The molecule has 188 valence electrons. The molecule has 1 aliphatic heterocycles. The third-order valence-corrected chi connectivity index (χ3v) is 7.25. The number of hydrogen-bond acceptors (Lipinski definition) is 7. The van der Waals surface area contributed by atoms with Gasteiger partial charge < -0.3 is 26.6 Å². The Morgan fingerprint density at radius 3 is 2.17 bits per heavy atom. The lowest BCUT2D eigenvalue weighted by molar-refractivity contribution is -0.133. The molecule has 1 atom stereocenters. The van der Waals surface area contributed by atoms with E-state index in [4.69, 9.17) is 11.5 Å². The molecule has 1 aliphatic rings. The number of carbonyl (C=O) groups excluding carboxylic acids is 2. The summed E-state index contributed by atoms with van der Waals surface area (Å²) in [5.41, 5.74) is 14.1. The molecule has 9 nitrogen and oxygen atoms in total. The number of nitrogen functional groups attached to an aromatic ring is 2. The predicted octanol–water partition coefficient (Wildman–Crippen LogP) is 2.07. The normalized spacial score (nSPS) is 14.8. The van der Waals surface area contributed by atoms with Crippen molar-refractivity contribution in [1.82, 2.24) is 10.2 Å². The summed E-state index contributed by atoms with van der Waals surface area (Å²) in [6.07, 6.45) is 1.15. The summed E-state index contributed by atoms with van der Waals surface area (Å²) in [7, 11) is -3.49. The van der Waals surface area contributed by atoms with Crippen LogP contribution in [0.25, 0.3) is 0 Å². The zero-order valence-corrected chi connectivity index (χ0v) is 20.7. The highest BCUT2D eigenvalue weighted by atomic mass is 32.2. The topological polar surface area (TPSA) is 139 Å². The summed E-state index contributed by atoms with van der Waals surface area (Å²) in [5, 5.41) is 2.86. The van der Waals surface area contributed by atoms with Crippen LogP contribution in [-0.4, -0.2) is 57.6 Å². The number of carbonyl (C=O) groups is 2. The average molecular weight is 508 g/mol. The number of piperazine rings is 1. The lowest BCUT2D eigenvalue weighted by Gasteiger charge is -2.38. The monoisotopic (exact) mass is 507 g/mol. The van der Waals surface area contributed by atoms with Gasteiger partial charge in [0.15, 0.2) is 9.84 Å². The van der Waals surface area contributed by atoms with Gasteiger partial charge in [-0.3, -0.25) is 9.59 Å². The highest BCUT2D eigenvalue weighted by Gasteiger charge is 2.31. The molecule has 1 saturated heterocycles. The van der Waals surface area contributed by atoms with Gasteiger partial charge in [0.25, 0.3) is 5.91 Å². The van der Waals surface area contributed by atoms with E-state index in [9.17, 15) is 18.0 Å². The highest BCUT2D eigenvalue weighted by molar-refractivity contribution is 7.90. The van der Waals surface area contributed by atoms with E-state index in [1.807, 2.05) is 23.1 Å². The molecule has 2 amide bonds. The molecule has 5 N–H and O–H groups in total. The number of nitrogens with one attached hydrogen (secondary N) is 1. The Balaban J connectivity index is 1.52. The maximum absolute atomic E-state index is 13.6. The number of amides is 2. The van der Waals surface area contributed by atoms with Crippen molar-refractivity contribution < 1.29 is 18.0 Å². The minimum atomic E-state index is -3.49. The van der Waals surface area contributed by atoms with Crippen molar-refractivity contribution in [2.75, 3.05) is 48.8 Å². The van der Waals surface area contributed by atoms with Crippen molar-refractivity contribution in [2.24, 2.45) is 0 Å². The molecule has 0 aliphatic carbocycles. The largest absolute Gasteiger partial charge is 0.399 e. The third kappa shape index (κ3) is 5.60. The molecule has 1 heterocycles. The van der Waals surface area contributed by atoms with Crippen molar-refractivity contribution in [3.05, 3.63) is 83.9 Å². The first-order valence-corrected chi connectivity index (χ1v) is 13.4. The van der Waals surface area contributed by atoms with Gasteiger partial charge >= 0.3 is 0 Å². The summed E-state index contributed by atoms with van der Waals surface area (Å²) in [6.45, 7) is 1.60. The quantitative estimate of drug-likeness (QED) is 0.434. The van der Waals surface area contributed by atoms with Gasteiger partial charge in [0.2, 0.25) is 5.91 Å². The maximum atomic E-state index is 13.6. The molecule has 1 fully saturated rings. The zero-order valence-electron chi connectivity index (χ0n) is 19.9. The fourth-order valence-corrected chi connectivity index (χ4v) is 5.19. The molecule has 0 radical (unpaired) electrons. The molecule has 10 heteroatoms. The number of hydrogen-bond donors (Lipinski definition) is 3. The molecule has 0 aromatic heterocycles. The van der Waals surface area contributed by atoms with E-state index in [1.165, 1.54) is 6.07 Å². The molecular weight excluding hydrogens is 478 g/mol. The van der Waals surface area contributed by atoms with Gasteiger partial charge in [-0.05, 0) is 42.0 Å². The van der Waals surface area contributed by atoms with Crippen molar-refractivity contribution in [1.29, 1.82) is 0 Å². The lowest BCUT2D eigenvalue weighted by Crippen LogP contribution is -2.52. The van der Waals surface area contributed by atoms with Crippen LogP contribution in [0, 0.1) is 0 Å². The van der Waals surface area contributed by atoms with E-state index in [2.05, 4.69) is 5.32 Å². The number of sulfone groups is 1. The van der Waals surface area contributed by atoms with Gasteiger partial charge in [-0.25, -0.2) is 8.42 Å². The first-order valence-electron chi connectivity index (χ1n) is 11.5. The number of anilines is 3. The van der Waals surface area contributed by atoms with Crippen LogP contribution < -0.4 is 21.7 Å². The van der Waals surface area contributed by atoms with Crippen molar-refractivity contribution in [3.8, 4) is 0 Å². The predicted molar refractivity (Wildman–Crippen MR) is 140 cm³/mol. The second-order valence-corrected chi connectivity index (χ2v) is 10.7. The van der Waals surface area contributed by atoms with E-state index in [-0.39, 0.29) is 10.8 Å². The molecule has 4 rings (SSSR count). The van der Waals surface area contributed by atoms with Crippen LogP contribution in [0.3, 0.4) is 0 Å². The number of rotatable bonds is 6. The molecular formula is C26H29N5O4S. The molecule has 0 bridgehead atoms. The first-order chi connectivity index (χ1) is 17.1. The Morgan fingerprint density at radius 1 is 0.861 bits per heavy atom. The number of nitrogens with zero attached hydrogens (tertiary/aromatic N) is 2. The molecule has 0 saturated carbocycles. The van der Waals surface area contributed by atoms with E-state index in [1.54, 1.807) is 53.4 Å². The minimum Gasteiger partial charge on any atom is -0.399 e. The lowest BCUT2D eigenvalue weighted by atomic mass is 10.0. The van der Waals surface area contributed by atoms with Crippen LogP contribution in [0.4, 0.5) is 17.1 Å². The van der Waals surface area contributed by atoms with Gasteiger partial charge in [0.05, 0.1) is 10.6 Å². The third-order valence-electron chi connectivity index (χ3n) is 6.12. The standard InChI is InChI=1S/C26H29N5O4S/c1-36(34,35)23-17-21(28)10-11-22(23)30-12-14-31(15-13-30)26(33)24(18-6-3-2-4-7-18)29-25(32)19-8-5-9-20(27)16-19/h2-11,16-17,24H,12-15,27-28H2,1H3,(H,29,32)/t24-/m1/s1. The van der Waals surface area contributed by atoms with Gasteiger partial charge in [-0.1, -0.05) is 36.4 Å². The Labute approximate surface area is 210 Å². The van der Waals surface area contributed by atoms with Crippen LogP contribution in [0.1, 0.15) is 22.0 Å². The van der Waals surface area contributed by atoms with Crippen LogP contribution in [0.5, 0.6) is 0 Å². The van der Waals surface area contributed by atoms with Crippen molar-refractivity contribution in [3.63, 3.8) is 0 Å². The van der Waals surface area contributed by atoms with E-state index >= 15 is 0 Å². The van der Waals surface area contributed by atoms with Crippen molar-refractivity contribution >= 4 is 38.7 Å². The maximum Gasteiger partial charge on any atom is 0.252 e. The molecule has 3 aromatic rings. The molecule has 0 unspecified atom stereocenters. The number of nitrogens with two attached hydrogens (primary N) is 2. The van der Waals surface area contributed by atoms with E-state index < -0.39 is 21.8 Å². The summed E-state index contributed by atoms with van der Waals surface area (Å²) in [6, 6.07) is 19.6. The van der Waals surface area contributed by atoms with Gasteiger partial charge in [-0.2, -0.15) is 0 Å².